The van der Waals surface area contributed by atoms with Gasteiger partial charge in [-0.15, -0.1) is 11.3 Å². The van der Waals surface area contributed by atoms with Crippen LogP contribution in [-0.4, -0.2) is 25.2 Å². The average molecular weight is 361 g/mol. The van der Waals surface area contributed by atoms with Gasteiger partial charge in [0.2, 0.25) is 5.91 Å². The molecule has 2 aromatic heterocycles. The molecule has 3 heterocycles. The summed E-state index contributed by atoms with van der Waals surface area (Å²) in [6.07, 6.45) is 8.39. The number of thiazole rings is 1. The molecular formula is C17H23N5O2S. The Bertz CT molecular complexity index is 824. The number of nitrogens with zero attached hydrogens (tertiary/aromatic N) is 4. The zero-order valence-electron chi connectivity index (χ0n) is 14.5. The Morgan fingerprint density at radius 3 is 2.84 bits per heavy atom. The van der Waals surface area contributed by atoms with E-state index >= 15 is 0 Å². The van der Waals surface area contributed by atoms with E-state index in [4.69, 9.17) is 0 Å². The van der Waals surface area contributed by atoms with Crippen molar-refractivity contribution in [3.63, 3.8) is 0 Å². The Hall–Kier alpha value is -1.96. The molecule has 4 rings (SSSR count). The Kier molecular flexibility index (Phi) is 4.45. The van der Waals surface area contributed by atoms with Crippen molar-refractivity contribution in [2.75, 3.05) is 5.32 Å². The van der Waals surface area contributed by atoms with E-state index in [-0.39, 0.29) is 17.5 Å². The zero-order valence-corrected chi connectivity index (χ0v) is 15.3. The van der Waals surface area contributed by atoms with E-state index in [1.54, 1.807) is 23.0 Å². The van der Waals surface area contributed by atoms with Gasteiger partial charge < -0.3 is 5.32 Å². The first kappa shape index (κ1) is 16.5. The van der Waals surface area contributed by atoms with E-state index in [1.165, 1.54) is 35.2 Å². The molecule has 2 aliphatic rings. The van der Waals surface area contributed by atoms with Crippen molar-refractivity contribution in [2.24, 2.45) is 13.0 Å². The summed E-state index contributed by atoms with van der Waals surface area (Å²) in [6, 6.07) is 0. The minimum atomic E-state index is -0.208. The molecule has 1 aliphatic heterocycles. The molecule has 0 saturated heterocycles. The zero-order chi connectivity index (χ0) is 17.4. The number of hydrogen-bond acceptors (Lipinski definition) is 5. The Morgan fingerprint density at radius 2 is 2.00 bits per heavy atom. The molecule has 8 heteroatoms. The molecule has 2 aromatic rings. The molecule has 0 spiro atoms. The highest BCUT2D eigenvalue weighted by molar-refractivity contribution is 7.15. The standard InChI is InChI=1S/C17H23N5O2S/c1-21-17(24)22-10-11(8-9-14(22)20-21)15(23)19-16-18-12-6-4-2-3-5-7-13(12)25-16/h11H,2-10H2,1H3,(H,18,19,23). The number of carbonyl (C=O) groups is 1. The number of anilines is 1. The summed E-state index contributed by atoms with van der Waals surface area (Å²) in [7, 11) is 1.65. The van der Waals surface area contributed by atoms with Crippen LogP contribution in [0.4, 0.5) is 5.13 Å². The van der Waals surface area contributed by atoms with E-state index in [0.717, 1.165) is 24.4 Å². The lowest BCUT2D eigenvalue weighted by Gasteiger charge is -2.21. The summed E-state index contributed by atoms with van der Waals surface area (Å²) < 4.78 is 2.96. The first-order chi connectivity index (χ1) is 12.1. The van der Waals surface area contributed by atoms with Gasteiger partial charge in [-0.1, -0.05) is 12.8 Å². The van der Waals surface area contributed by atoms with Crippen LogP contribution in [-0.2, 0) is 37.6 Å². The van der Waals surface area contributed by atoms with Crippen LogP contribution < -0.4 is 11.0 Å². The van der Waals surface area contributed by atoms with Crippen LogP contribution in [0.5, 0.6) is 0 Å². The lowest BCUT2D eigenvalue weighted by Crippen LogP contribution is -2.35. The second-order valence-electron chi connectivity index (χ2n) is 6.96. The topological polar surface area (TPSA) is 81.8 Å². The van der Waals surface area contributed by atoms with Gasteiger partial charge in [0, 0.05) is 24.9 Å². The van der Waals surface area contributed by atoms with Crippen LogP contribution in [0, 0.1) is 5.92 Å². The fourth-order valence-corrected chi connectivity index (χ4v) is 4.77. The van der Waals surface area contributed by atoms with Crippen LogP contribution in [0.1, 0.15) is 48.5 Å². The van der Waals surface area contributed by atoms with Gasteiger partial charge in [0.15, 0.2) is 5.13 Å². The Morgan fingerprint density at radius 1 is 1.20 bits per heavy atom. The van der Waals surface area contributed by atoms with Crippen LogP contribution in [0.2, 0.25) is 0 Å². The van der Waals surface area contributed by atoms with Crippen LogP contribution in [0.25, 0.3) is 0 Å². The maximum atomic E-state index is 12.7. The molecule has 0 saturated carbocycles. The van der Waals surface area contributed by atoms with Crippen LogP contribution >= 0.6 is 11.3 Å². The fourth-order valence-electron chi connectivity index (χ4n) is 3.72. The lowest BCUT2D eigenvalue weighted by molar-refractivity contribution is -0.120. The predicted molar refractivity (Wildman–Crippen MR) is 95.9 cm³/mol. The number of carbonyl (C=O) groups excluding carboxylic acids is 1. The summed E-state index contributed by atoms with van der Waals surface area (Å²) in [4.78, 5) is 30.7. The molecule has 1 unspecified atom stereocenters. The molecule has 0 bridgehead atoms. The third-order valence-electron chi connectivity index (χ3n) is 5.15. The van der Waals surface area contributed by atoms with Crippen molar-refractivity contribution in [3.8, 4) is 0 Å². The monoisotopic (exact) mass is 361 g/mol. The first-order valence-corrected chi connectivity index (χ1v) is 9.85. The van der Waals surface area contributed by atoms with Gasteiger partial charge in [0.25, 0.3) is 0 Å². The van der Waals surface area contributed by atoms with Crippen LogP contribution in [0.15, 0.2) is 4.79 Å². The second-order valence-corrected chi connectivity index (χ2v) is 8.04. The van der Waals surface area contributed by atoms with Gasteiger partial charge in [-0.3, -0.25) is 9.36 Å². The number of aromatic nitrogens is 4. The third kappa shape index (κ3) is 3.27. The molecule has 1 N–H and O–H groups in total. The maximum absolute atomic E-state index is 12.7. The van der Waals surface area contributed by atoms with E-state index in [0.29, 0.717) is 24.5 Å². The molecule has 7 nitrogen and oxygen atoms in total. The summed E-state index contributed by atoms with van der Waals surface area (Å²) in [5, 5.41) is 7.92. The third-order valence-corrected chi connectivity index (χ3v) is 6.22. The highest BCUT2D eigenvalue weighted by Gasteiger charge is 2.28. The molecule has 25 heavy (non-hydrogen) atoms. The normalized spacial score (nSPS) is 20.3. The quantitative estimate of drug-likeness (QED) is 0.886. The largest absolute Gasteiger partial charge is 0.345 e. The van der Waals surface area contributed by atoms with Crippen molar-refractivity contribution in [2.45, 2.75) is 57.9 Å². The van der Waals surface area contributed by atoms with Crippen molar-refractivity contribution in [1.29, 1.82) is 0 Å². The molecule has 0 aromatic carbocycles. The van der Waals surface area contributed by atoms with Crippen molar-refractivity contribution >= 4 is 22.4 Å². The number of fused-ring (bicyclic) bond motifs is 2. The molecule has 0 fully saturated rings. The van der Waals surface area contributed by atoms with E-state index < -0.39 is 0 Å². The maximum Gasteiger partial charge on any atom is 0.345 e. The minimum absolute atomic E-state index is 0.0388. The molecular weight excluding hydrogens is 338 g/mol. The first-order valence-electron chi connectivity index (χ1n) is 9.04. The molecule has 1 amide bonds. The van der Waals surface area contributed by atoms with E-state index in [1.807, 2.05) is 0 Å². The number of amides is 1. The smallest absolute Gasteiger partial charge is 0.302 e. The second kappa shape index (κ2) is 6.74. The average Bonchev–Trinajstić information content (AvgIpc) is 3.08. The molecule has 1 aliphatic carbocycles. The van der Waals surface area contributed by atoms with Gasteiger partial charge in [0.1, 0.15) is 5.82 Å². The summed E-state index contributed by atoms with van der Waals surface area (Å²) in [6.45, 7) is 0.402. The number of aryl methyl sites for hydroxylation is 4. The van der Waals surface area contributed by atoms with Gasteiger partial charge >= 0.3 is 5.69 Å². The molecule has 1 atom stereocenters. The van der Waals surface area contributed by atoms with Crippen molar-refractivity contribution in [1.82, 2.24) is 19.3 Å². The predicted octanol–water partition coefficient (Wildman–Crippen LogP) is 1.90. The minimum Gasteiger partial charge on any atom is -0.302 e. The van der Waals surface area contributed by atoms with E-state index in [9.17, 15) is 9.59 Å². The van der Waals surface area contributed by atoms with Gasteiger partial charge in [-0.05, 0) is 32.1 Å². The lowest BCUT2D eigenvalue weighted by atomic mass is 9.99. The SMILES string of the molecule is Cn1nc2n(c1=O)CC(C(=O)Nc1nc3c(s1)CCCCCC3)CC2. The highest BCUT2D eigenvalue weighted by Crippen LogP contribution is 2.29. The Balaban J connectivity index is 1.46. The molecule has 0 radical (unpaired) electrons. The molecule has 134 valence electrons. The summed E-state index contributed by atoms with van der Waals surface area (Å²) >= 11 is 1.62. The van der Waals surface area contributed by atoms with Gasteiger partial charge in [-0.2, -0.15) is 5.10 Å². The Labute approximate surface area is 150 Å². The van der Waals surface area contributed by atoms with E-state index in [2.05, 4.69) is 15.4 Å². The number of rotatable bonds is 2. The van der Waals surface area contributed by atoms with Crippen molar-refractivity contribution in [3.05, 3.63) is 26.9 Å². The number of nitrogens with one attached hydrogen (secondary N) is 1. The van der Waals surface area contributed by atoms with Gasteiger partial charge in [-0.25, -0.2) is 14.5 Å². The number of hydrogen-bond donors (Lipinski definition) is 1. The summed E-state index contributed by atoms with van der Waals surface area (Å²) in [5.41, 5.74) is 1.01. The summed E-state index contributed by atoms with van der Waals surface area (Å²) in [5.74, 6) is 0.526. The van der Waals surface area contributed by atoms with Gasteiger partial charge in [0.05, 0.1) is 11.6 Å². The van der Waals surface area contributed by atoms with Crippen LogP contribution in [0.3, 0.4) is 0 Å². The fraction of sp³-hybridized carbons (Fsp3) is 0.647. The van der Waals surface area contributed by atoms with Crippen molar-refractivity contribution < 1.29 is 4.79 Å². The highest BCUT2D eigenvalue weighted by atomic mass is 32.1.